The molecule has 0 aliphatic rings. The van der Waals surface area contributed by atoms with E-state index in [9.17, 15) is 9.59 Å². The molecule has 0 saturated carbocycles. The van der Waals surface area contributed by atoms with Gasteiger partial charge < -0.3 is 15.2 Å². The lowest BCUT2D eigenvalue weighted by Crippen LogP contribution is -2.17. The number of aromatic nitrogens is 3. The summed E-state index contributed by atoms with van der Waals surface area (Å²) in [6.45, 7) is 4.17. The molecule has 0 bridgehead atoms. The van der Waals surface area contributed by atoms with Gasteiger partial charge in [-0.05, 0) is 41.8 Å². The van der Waals surface area contributed by atoms with E-state index in [4.69, 9.17) is 11.6 Å². The highest BCUT2D eigenvalue weighted by Gasteiger charge is 2.15. The Labute approximate surface area is 190 Å². The van der Waals surface area contributed by atoms with Gasteiger partial charge in [0.05, 0.1) is 12.2 Å². The minimum absolute atomic E-state index is 0.0701. The molecule has 0 aliphatic carbocycles. The first-order chi connectivity index (χ1) is 14.8. The molecule has 0 saturated heterocycles. The molecule has 2 aromatic carbocycles. The number of hydrogen-bond donors (Lipinski definition) is 2. The second kappa shape index (κ2) is 10.5. The van der Waals surface area contributed by atoms with Crippen LogP contribution in [0.1, 0.15) is 31.2 Å². The number of benzene rings is 2. The van der Waals surface area contributed by atoms with Gasteiger partial charge in [-0.15, -0.1) is 10.2 Å². The summed E-state index contributed by atoms with van der Waals surface area (Å²) in [7, 11) is 1.78. The highest BCUT2D eigenvalue weighted by atomic mass is 35.5. The van der Waals surface area contributed by atoms with Crippen molar-refractivity contribution in [3.63, 3.8) is 0 Å². The number of hydrogen-bond acceptors (Lipinski definition) is 5. The van der Waals surface area contributed by atoms with Gasteiger partial charge in [0.25, 0.3) is 0 Å². The van der Waals surface area contributed by atoms with Crippen LogP contribution < -0.4 is 10.6 Å². The highest BCUT2D eigenvalue weighted by Crippen LogP contribution is 2.24. The Bertz CT molecular complexity index is 1070. The minimum atomic E-state index is -0.211. The van der Waals surface area contributed by atoms with E-state index in [1.807, 2.05) is 24.3 Å². The van der Waals surface area contributed by atoms with Crippen molar-refractivity contribution in [2.24, 2.45) is 7.05 Å². The van der Waals surface area contributed by atoms with Crippen molar-refractivity contribution in [3.05, 3.63) is 64.9 Å². The molecule has 31 heavy (non-hydrogen) atoms. The SMILES string of the molecule is CC(C)c1ccccc1NC(=O)CSc1nnc(CC(=O)Nc2ccc(Cl)cc2)n1C. The molecule has 162 valence electrons. The molecule has 2 amide bonds. The molecule has 0 radical (unpaired) electrons. The van der Waals surface area contributed by atoms with E-state index in [0.29, 0.717) is 27.6 Å². The molecule has 0 unspecified atom stereocenters. The summed E-state index contributed by atoms with van der Waals surface area (Å²) >= 11 is 7.13. The third kappa shape index (κ3) is 6.32. The van der Waals surface area contributed by atoms with Gasteiger partial charge in [-0.25, -0.2) is 0 Å². The number of nitrogens with one attached hydrogen (secondary N) is 2. The molecule has 3 aromatic rings. The summed E-state index contributed by atoms with van der Waals surface area (Å²) in [6, 6.07) is 14.7. The number of carbonyl (C=O) groups is 2. The van der Waals surface area contributed by atoms with Crippen LogP contribution in [0.3, 0.4) is 0 Å². The number of nitrogens with zero attached hydrogens (tertiary/aromatic N) is 3. The number of amides is 2. The van der Waals surface area contributed by atoms with E-state index < -0.39 is 0 Å². The van der Waals surface area contributed by atoms with Crippen molar-refractivity contribution in [3.8, 4) is 0 Å². The summed E-state index contributed by atoms with van der Waals surface area (Å²) in [5, 5.41) is 15.1. The number of anilines is 2. The molecular weight excluding hydrogens is 434 g/mol. The van der Waals surface area contributed by atoms with Crippen LogP contribution in [-0.4, -0.2) is 32.3 Å². The number of thioether (sulfide) groups is 1. The maximum atomic E-state index is 12.4. The second-order valence-electron chi connectivity index (χ2n) is 7.27. The van der Waals surface area contributed by atoms with E-state index in [-0.39, 0.29) is 24.0 Å². The van der Waals surface area contributed by atoms with Crippen LogP contribution in [0.4, 0.5) is 11.4 Å². The topological polar surface area (TPSA) is 88.9 Å². The average Bonchev–Trinajstić information content (AvgIpc) is 3.07. The Morgan fingerprint density at radius 3 is 2.45 bits per heavy atom. The van der Waals surface area contributed by atoms with E-state index in [1.165, 1.54) is 11.8 Å². The second-order valence-corrected chi connectivity index (χ2v) is 8.65. The molecule has 0 spiro atoms. The van der Waals surface area contributed by atoms with Gasteiger partial charge in [0, 0.05) is 23.4 Å². The largest absolute Gasteiger partial charge is 0.326 e. The number of rotatable bonds is 8. The molecule has 0 aliphatic heterocycles. The Kier molecular flexibility index (Phi) is 7.70. The zero-order chi connectivity index (χ0) is 22.4. The van der Waals surface area contributed by atoms with E-state index in [0.717, 1.165) is 11.3 Å². The molecule has 3 rings (SSSR count). The molecule has 9 heteroatoms. The zero-order valence-corrected chi connectivity index (χ0v) is 19.1. The molecular formula is C22H24ClN5O2S. The van der Waals surface area contributed by atoms with E-state index >= 15 is 0 Å². The third-order valence-electron chi connectivity index (χ3n) is 4.56. The Morgan fingerprint density at radius 2 is 1.74 bits per heavy atom. The highest BCUT2D eigenvalue weighted by molar-refractivity contribution is 7.99. The number of carbonyl (C=O) groups excluding carboxylic acids is 2. The summed E-state index contributed by atoms with van der Waals surface area (Å²) < 4.78 is 1.72. The Morgan fingerprint density at radius 1 is 1.03 bits per heavy atom. The van der Waals surface area contributed by atoms with E-state index in [1.54, 1.807) is 35.9 Å². The van der Waals surface area contributed by atoms with Crippen LogP contribution in [0.15, 0.2) is 53.7 Å². The standard InChI is InChI=1S/C22H24ClN5O2S/c1-14(2)17-6-4-5-7-18(17)25-21(30)13-31-22-27-26-19(28(22)3)12-20(29)24-16-10-8-15(23)9-11-16/h4-11,14H,12-13H2,1-3H3,(H,24,29)(H,25,30). The summed E-state index contributed by atoms with van der Waals surface area (Å²) in [4.78, 5) is 24.7. The van der Waals surface area contributed by atoms with Gasteiger partial charge in [0.1, 0.15) is 5.82 Å². The van der Waals surface area contributed by atoms with Crippen LogP contribution in [0, 0.1) is 0 Å². The molecule has 2 N–H and O–H groups in total. The third-order valence-corrected chi connectivity index (χ3v) is 5.83. The average molecular weight is 458 g/mol. The van der Waals surface area contributed by atoms with Gasteiger partial charge in [-0.1, -0.05) is 55.4 Å². The fourth-order valence-corrected chi connectivity index (χ4v) is 3.79. The quantitative estimate of drug-likeness (QED) is 0.486. The smallest absolute Gasteiger partial charge is 0.234 e. The Balaban J connectivity index is 1.55. The van der Waals surface area contributed by atoms with Crippen molar-refractivity contribution in [1.82, 2.24) is 14.8 Å². The van der Waals surface area contributed by atoms with Gasteiger partial charge >= 0.3 is 0 Å². The molecule has 0 atom stereocenters. The number of halogens is 1. The van der Waals surface area contributed by atoms with E-state index in [2.05, 4.69) is 34.7 Å². The predicted octanol–water partition coefficient (Wildman–Crippen LogP) is 4.50. The van der Waals surface area contributed by atoms with Crippen LogP contribution in [0.5, 0.6) is 0 Å². The molecule has 0 fully saturated rings. The lowest BCUT2D eigenvalue weighted by atomic mass is 10.0. The monoisotopic (exact) mass is 457 g/mol. The lowest BCUT2D eigenvalue weighted by Gasteiger charge is -2.13. The number of para-hydroxylation sites is 1. The van der Waals surface area contributed by atoms with Gasteiger partial charge in [-0.2, -0.15) is 0 Å². The first-order valence-electron chi connectivity index (χ1n) is 9.78. The van der Waals surface area contributed by atoms with Crippen LogP contribution >= 0.6 is 23.4 Å². The Hall–Kier alpha value is -2.84. The first kappa shape index (κ1) is 22.8. The van der Waals surface area contributed by atoms with Crippen LogP contribution in [0.25, 0.3) is 0 Å². The van der Waals surface area contributed by atoms with Crippen LogP contribution in [-0.2, 0) is 23.1 Å². The van der Waals surface area contributed by atoms with Gasteiger partial charge in [0.15, 0.2) is 5.16 Å². The van der Waals surface area contributed by atoms with Crippen molar-refractivity contribution < 1.29 is 9.59 Å². The fourth-order valence-electron chi connectivity index (χ4n) is 2.94. The zero-order valence-electron chi connectivity index (χ0n) is 17.6. The molecule has 1 heterocycles. The van der Waals surface area contributed by atoms with Crippen molar-refractivity contribution >= 4 is 46.6 Å². The summed E-state index contributed by atoms with van der Waals surface area (Å²) in [6.07, 6.45) is 0.0701. The van der Waals surface area contributed by atoms with Gasteiger partial charge in [0.2, 0.25) is 11.8 Å². The van der Waals surface area contributed by atoms with Gasteiger partial charge in [-0.3, -0.25) is 9.59 Å². The molecule has 7 nitrogen and oxygen atoms in total. The fraction of sp³-hybridized carbons (Fsp3) is 0.273. The lowest BCUT2D eigenvalue weighted by molar-refractivity contribution is -0.116. The summed E-state index contributed by atoms with van der Waals surface area (Å²) in [5.41, 5.74) is 2.57. The van der Waals surface area contributed by atoms with Crippen molar-refractivity contribution in [2.45, 2.75) is 31.3 Å². The first-order valence-corrected chi connectivity index (χ1v) is 11.1. The van der Waals surface area contributed by atoms with Crippen LogP contribution in [0.2, 0.25) is 5.02 Å². The predicted molar refractivity (Wildman–Crippen MR) is 125 cm³/mol. The maximum Gasteiger partial charge on any atom is 0.234 e. The maximum absolute atomic E-state index is 12.4. The van der Waals surface area contributed by atoms with Crippen molar-refractivity contribution in [1.29, 1.82) is 0 Å². The van der Waals surface area contributed by atoms with Crippen molar-refractivity contribution in [2.75, 3.05) is 16.4 Å². The normalized spacial score (nSPS) is 10.9. The molecule has 1 aromatic heterocycles. The summed E-state index contributed by atoms with van der Waals surface area (Å²) in [5.74, 6) is 0.680. The minimum Gasteiger partial charge on any atom is -0.326 e.